The molecule has 0 aliphatic rings. The average Bonchev–Trinajstić information content (AvgIpc) is 2.28. The zero-order chi connectivity index (χ0) is 8.27. The quantitative estimate of drug-likeness (QED) is 0.648. The van der Waals surface area contributed by atoms with Crippen LogP contribution in [0.15, 0.2) is 18.3 Å². The number of aryl methyl sites for hydroxylation is 1. The summed E-state index contributed by atoms with van der Waals surface area (Å²) in [6, 6.07) is 0. The highest BCUT2D eigenvalue weighted by Gasteiger charge is 1.97. The highest BCUT2D eigenvalue weighted by Crippen LogP contribution is 2.05. The van der Waals surface area contributed by atoms with Gasteiger partial charge in [0.25, 0.3) is 0 Å². The van der Waals surface area contributed by atoms with Crippen molar-refractivity contribution in [2.24, 2.45) is 0 Å². The summed E-state index contributed by atoms with van der Waals surface area (Å²) in [7, 11) is 0. The van der Waals surface area contributed by atoms with Gasteiger partial charge in [-0.25, -0.2) is 0 Å². The molecule has 60 valence electrons. The summed E-state index contributed by atoms with van der Waals surface area (Å²) in [5, 5.41) is 4.09. The van der Waals surface area contributed by atoms with E-state index in [1.165, 1.54) is 0 Å². The van der Waals surface area contributed by atoms with Crippen molar-refractivity contribution in [2.45, 2.75) is 20.4 Å². The lowest BCUT2D eigenvalue weighted by Gasteiger charge is -1.91. The van der Waals surface area contributed by atoms with E-state index in [-0.39, 0.29) is 0 Å². The third kappa shape index (κ3) is 1.83. The van der Waals surface area contributed by atoms with Crippen molar-refractivity contribution < 1.29 is 0 Å². The second-order valence-electron chi connectivity index (χ2n) is 2.49. The fourth-order valence-electron chi connectivity index (χ4n) is 0.843. The van der Waals surface area contributed by atoms with Crippen molar-refractivity contribution in [1.29, 1.82) is 0 Å². The second kappa shape index (κ2) is 3.23. The maximum Gasteiger partial charge on any atom is 0.148 e. The zero-order valence-electron chi connectivity index (χ0n) is 6.91. The van der Waals surface area contributed by atoms with Crippen molar-refractivity contribution in [2.75, 3.05) is 5.73 Å². The van der Waals surface area contributed by atoms with E-state index in [0.29, 0.717) is 5.82 Å². The van der Waals surface area contributed by atoms with Crippen molar-refractivity contribution in [3.8, 4) is 0 Å². The minimum absolute atomic E-state index is 0.620. The number of anilines is 1. The van der Waals surface area contributed by atoms with Gasteiger partial charge in [0.05, 0.1) is 6.54 Å². The predicted molar refractivity (Wildman–Crippen MR) is 46.2 cm³/mol. The SMILES string of the molecule is C/C=C/Cn1cc(C)c(N)n1. The van der Waals surface area contributed by atoms with Crippen LogP contribution < -0.4 is 5.73 Å². The number of nitrogen functional groups attached to an aromatic ring is 1. The molecule has 0 saturated carbocycles. The average molecular weight is 151 g/mol. The molecule has 1 heterocycles. The van der Waals surface area contributed by atoms with Gasteiger partial charge in [-0.1, -0.05) is 12.2 Å². The zero-order valence-corrected chi connectivity index (χ0v) is 6.91. The Morgan fingerprint density at radius 1 is 1.73 bits per heavy atom. The Labute approximate surface area is 66.5 Å². The predicted octanol–water partition coefficient (Wildman–Crippen LogP) is 1.35. The highest BCUT2D eigenvalue weighted by molar-refractivity contribution is 5.35. The topological polar surface area (TPSA) is 43.8 Å². The Balaban J connectivity index is 2.72. The van der Waals surface area contributed by atoms with Gasteiger partial charge in [0, 0.05) is 11.8 Å². The Morgan fingerprint density at radius 2 is 2.45 bits per heavy atom. The van der Waals surface area contributed by atoms with Gasteiger partial charge < -0.3 is 5.73 Å². The molecule has 0 radical (unpaired) electrons. The van der Waals surface area contributed by atoms with Gasteiger partial charge in [0.1, 0.15) is 5.82 Å². The van der Waals surface area contributed by atoms with Crippen LogP contribution >= 0.6 is 0 Å². The van der Waals surface area contributed by atoms with Crippen molar-refractivity contribution in [3.05, 3.63) is 23.9 Å². The number of nitrogens with two attached hydrogens (primary N) is 1. The minimum atomic E-state index is 0.620. The molecule has 0 aromatic carbocycles. The van der Waals surface area contributed by atoms with Gasteiger partial charge in [0.15, 0.2) is 0 Å². The first-order valence-electron chi connectivity index (χ1n) is 3.64. The molecule has 0 unspecified atom stereocenters. The Kier molecular flexibility index (Phi) is 2.31. The van der Waals surface area contributed by atoms with Crippen molar-refractivity contribution in [1.82, 2.24) is 9.78 Å². The lowest BCUT2D eigenvalue weighted by atomic mass is 10.4. The van der Waals surface area contributed by atoms with Crippen LogP contribution in [0.4, 0.5) is 5.82 Å². The van der Waals surface area contributed by atoms with Crippen LogP contribution in [0.1, 0.15) is 12.5 Å². The number of aromatic nitrogens is 2. The van der Waals surface area contributed by atoms with Crippen LogP contribution in [0.5, 0.6) is 0 Å². The number of allylic oxidation sites excluding steroid dienone is 2. The lowest BCUT2D eigenvalue weighted by Crippen LogP contribution is -1.96. The van der Waals surface area contributed by atoms with E-state index in [2.05, 4.69) is 5.10 Å². The maximum absolute atomic E-state index is 5.56. The van der Waals surface area contributed by atoms with E-state index in [9.17, 15) is 0 Å². The summed E-state index contributed by atoms with van der Waals surface area (Å²) in [6.45, 7) is 4.74. The first-order chi connectivity index (χ1) is 5.24. The van der Waals surface area contributed by atoms with E-state index in [4.69, 9.17) is 5.73 Å². The second-order valence-corrected chi connectivity index (χ2v) is 2.49. The third-order valence-electron chi connectivity index (χ3n) is 1.51. The minimum Gasteiger partial charge on any atom is -0.382 e. The van der Waals surface area contributed by atoms with E-state index >= 15 is 0 Å². The Morgan fingerprint density at radius 3 is 2.91 bits per heavy atom. The van der Waals surface area contributed by atoms with Crippen LogP contribution in [0.3, 0.4) is 0 Å². The van der Waals surface area contributed by atoms with Crippen LogP contribution in [0.25, 0.3) is 0 Å². The Bertz CT molecular complexity index is 241. The molecule has 0 atom stereocenters. The van der Waals surface area contributed by atoms with Gasteiger partial charge in [-0.3, -0.25) is 4.68 Å². The smallest absolute Gasteiger partial charge is 0.148 e. The summed E-state index contributed by atoms with van der Waals surface area (Å²) >= 11 is 0. The van der Waals surface area contributed by atoms with Crippen LogP contribution in [-0.2, 0) is 6.54 Å². The molecule has 11 heavy (non-hydrogen) atoms. The van der Waals surface area contributed by atoms with Crippen molar-refractivity contribution >= 4 is 5.82 Å². The largest absolute Gasteiger partial charge is 0.382 e. The summed E-state index contributed by atoms with van der Waals surface area (Å²) in [5.74, 6) is 0.620. The number of nitrogens with zero attached hydrogens (tertiary/aromatic N) is 2. The van der Waals surface area contributed by atoms with Crippen LogP contribution in [0, 0.1) is 6.92 Å². The number of rotatable bonds is 2. The molecule has 0 spiro atoms. The summed E-state index contributed by atoms with van der Waals surface area (Å²) in [6.07, 6.45) is 5.97. The molecular formula is C8H13N3. The molecule has 0 aliphatic carbocycles. The molecule has 0 bridgehead atoms. The molecule has 1 aromatic rings. The standard InChI is InChI=1S/C8H13N3/c1-3-4-5-11-6-7(2)8(9)10-11/h3-4,6H,5H2,1-2H3,(H2,9,10)/b4-3+. The first-order valence-corrected chi connectivity index (χ1v) is 3.64. The third-order valence-corrected chi connectivity index (χ3v) is 1.51. The van der Waals surface area contributed by atoms with Gasteiger partial charge in [-0.05, 0) is 13.8 Å². The molecule has 0 fully saturated rings. The molecule has 3 nitrogen and oxygen atoms in total. The lowest BCUT2D eigenvalue weighted by molar-refractivity contribution is 0.704. The maximum atomic E-state index is 5.56. The van der Waals surface area contributed by atoms with E-state index in [1.807, 2.05) is 36.9 Å². The normalized spacial score (nSPS) is 11.1. The fraction of sp³-hybridized carbons (Fsp3) is 0.375. The van der Waals surface area contributed by atoms with Gasteiger partial charge in [-0.15, -0.1) is 0 Å². The molecule has 3 heteroatoms. The van der Waals surface area contributed by atoms with Gasteiger partial charge >= 0.3 is 0 Å². The number of hydrogen-bond acceptors (Lipinski definition) is 2. The number of hydrogen-bond donors (Lipinski definition) is 1. The molecule has 0 amide bonds. The molecule has 1 aromatic heterocycles. The first kappa shape index (κ1) is 7.85. The van der Waals surface area contributed by atoms with Gasteiger partial charge in [-0.2, -0.15) is 5.10 Å². The van der Waals surface area contributed by atoms with E-state index in [1.54, 1.807) is 0 Å². The van der Waals surface area contributed by atoms with Crippen molar-refractivity contribution in [3.63, 3.8) is 0 Å². The molecular weight excluding hydrogens is 138 g/mol. The van der Waals surface area contributed by atoms with Crippen LogP contribution in [-0.4, -0.2) is 9.78 Å². The molecule has 0 aliphatic heterocycles. The fourth-order valence-corrected chi connectivity index (χ4v) is 0.843. The van der Waals surface area contributed by atoms with Crippen LogP contribution in [0.2, 0.25) is 0 Å². The highest BCUT2D eigenvalue weighted by atomic mass is 15.3. The molecule has 2 N–H and O–H groups in total. The van der Waals surface area contributed by atoms with E-state index in [0.717, 1.165) is 12.1 Å². The Hall–Kier alpha value is -1.25. The summed E-state index contributed by atoms with van der Waals surface area (Å²) in [5.41, 5.74) is 6.59. The summed E-state index contributed by atoms with van der Waals surface area (Å²) in [4.78, 5) is 0. The van der Waals surface area contributed by atoms with Gasteiger partial charge in [0.2, 0.25) is 0 Å². The van der Waals surface area contributed by atoms with E-state index < -0.39 is 0 Å². The monoisotopic (exact) mass is 151 g/mol. The molecule has 0 saturated heterocycles. The molecule has 1 rings (SSSR count). The summed E-state index contributed by atoms with van der Waals surface area (Å²) < 4.78 is 1.82.